The Morgan fingerprint density at radius 1 is 1.50 bits per heavy atom. The number of nitrogens with one attached hydrogen (secondary N) is 1. The van der Waals surface area contributed by atoms with Gasteiger partial charge in [-0.15, -0.1) is 0 Å². The Kier molecular flexibility index (Phi) is 4.11. The highest BCUT2D eigenvalue weighted by Crippen LogP contribution is 2.24. The van der Waals surface area contributed by atoms with Gasteiger partial charge in [-0.05, 0) is 38.2 Å². The van der Waals surface area contributed by atoms with E-state index < -0.39 is 0 Å². The van der Waals surface area contributed by atoms with Crippen LogP contribution < -0.4 is 5.32 Å². The van der Waals surface area contributed by atoms with Crippen molar-refractivity contribution in [2.24, 2.45) is 13.0 Å². The molecule has 6 heteroatoms. The van der Waals surface area contributed by atoms with Crippen LogP contribution in [0.2, 0.25) is 0 Å². The Morgan fingerprint density at radius 3 is 3.09 bits per heavy atom. The molecule has 2 aromatic heterocycles. The summed E-state index contributed by atoms with van der Waals surface area (Å²) in [4.78, 5) is 16.9. The molecule has 2 N–H and O–H groups in total. The first-order valence-electron chi connectivity index (χ1n) is 7.80. The Hall–Kier alpha value is -1.95. The molecule has 2 unspecified atom stereocenters. The van der Waals surface area contributed by atoms with Crippen LogP contribution in [-0.4, -0.2) is 38.4 Å². The lowest BCUT2D eigenvalue weighted by molar-refractivity contribution is 0.0875. The molecule has 2 atom stereocenters. The standard InChI is InChI=1S/C16H22N4O2/c1-10-6-13(14-9-18-20(2)15(14)19-10)16(22)17-8-11-4-3-5-12(21)7-11/h6,9,11-12,21H,3-5,7-8H2,1-2H3,(H,17,22). The van der Waals surface area contributed by atoms with E-state index in [1.165, 1.54) is 0 Å². The van der Waals surface area contributed by atoms with E-state index in [2.05, 4.69) is 15.4 Å². The van der Waals surface area contributed by atoms with Crippen molar-refractivity contribution in [2.45, 2.75) is 38.7 Å². The molecule has 22 heavy (non-hydrogen) atoms. The van der Waals surface area contributed by atoms with Crippen LogP contribution in [0.25, 0.3) is 11.0 Å². The van der Waals surface area contributed by atoms with Crippen LogP contribution in [-0.2, 0) is 7.05 Å². The minimum atomic E-state index is -0.219. The summed E-state index contributed by atoms with van der Waals surface area (Å²) < 4.78 is 1.68. The van der Waals surface area contributed by atoms with Crippen LogP contribution in [0, 0.1) is 12.8 Å². The van der Waals surface area contributed by atoms with Crippen LogP contribution in [0.1, 0.15) is 41.7 Å². The number of aliphatic hydroxyl groups is 1. The van der Waals surface area contributed by atoms with Crippen molar-refractivity contribution in [2.75, 3.05) is 6.54 Å². The first-order valence-corrected chi connectivity index (χ1v) is 7.80. The van der Waals surface area contributed by atoms with Crippen LogP contribution in [0.5, 0.6) is 0 Å². The molecule has 0 spiro atoms. The highest BCUT2D eigenvalue weighted by Gasteiger charge is 2.21. The number of aromatic nitrogens is 3. The van der Waals surface area contributed by atoms with Gasteiger partial charge < -0.3 is 10.4 Å². The number of hydrogen-bond acceptors (Lipinski definition) is 4. The van der Waals surface area contributed by atoms with Gasteiger partial charge in [-0.25, -0.2) is 4.98 Å². The molecule has 0 aromatic carbocycles. The van der Waals surface area contributed by atoms with Crippen LogP contribution in [0.3, 0.4) is 0 Å². The van der Waals surface area contributed by atoms with Gasteiger partial charge in [0, 0.05) is 19.3 Å². The fourth-order valence-electron chi connectivity index (χ4n) is 3.21. The quantitative estimate of drug-likeness (QED) is 0.901. The smallest absolute Gasteiger partial charge is 0.252 e. The van der Waals surface area contributed by atoms with Crippen molar-refractivity contribution < 1.29 is 9.90 Å². The number of aliphatic hydroxyl groups excluding tert-OH is 1. The molecular weight excluding hydrogens is 280 g/mol. The number of nitrogens with zero attached hydrogens (tertiary/aromatic N) is 3. The maximum Gasteiger partial charge on any atom is 0.252 e. The molecular formula is C16H22N4O2. The molecule has 3 rings (SSSR count). The molecule has 1 fully saturated rings. The number of amides is 1. The lowest BCUT2D eigenvalue weighted by atomic mass is 9.87. The van der Waals surface area contributed by atoms with Crippen LogP contribution >= 0.6 is 0 Å². The summed E-state index contributed by atoms with van der Waals surface area (Å²) in [5, 5.41) is 17.7. The van der Waals surface area contributed by atoms with E-state index >= 15 is 0 Å². The number of rotatable bonds is 3. The normalized spacial score (nSPS) is 22.0. The van der Waals surface area contributed by atoms with Gasteiger partial charge in [0.1, 0.15) is 0 Å². The summed E-state index contributed by atoms with van der Waals surface area (Å²) in [6, 6.07) is 1.80. The fraction of sp³-hybridized carbons (Fsp3) is 0.562. The van der Waals surface area contributed by atoms with E-state index in [9.17, 15) is 9.90 Å². The van der Waals surface area contributed by atoms with Gasteiger partial charge in [0.05, 0.1) is 23.3 Å². The topological polar surface area (TPSA) is 80.0 Å². The molecule has 0 bridgehead atoms. The minimum Gasteiger partial charge on any atom is -0.393 e. The number of aryl methyl sites for hydroxylation is 2. The summed E-state index contributed by atoms with van der Waals surface area (Å²) in [5.41, 5.74) is 2.14. The number of hydrogen-bond donors (Lipinski definition) is 2. The predicted molar refractivity (Wildman–Crippen MR) is 83.5 cm³/mol. The van der Waals surface area contributed by atoms with Gasteiger partial charge in [-0.3, -0.25) is 9.48 Å². The Balaban J connectivity index is 1.75. The molecule has 1 saturated carbocycles. The fourth-order valence-corrected chi connectivity index (χ4v) is 3.21. The number of fused-ring (bicyclic) bond motifs is 1. The molecule has 1 amide bonds. The zero-order valence-electron chi connectivity index (χ0n) is 13.0. The van der Waals surface area contributed by atoms with E-state index in [1.807, 2.05) is 14.0 Å². The molecule has 2 aromatic rings. The first kappa shape index (κ1) is 15.0. The van der Waals surface area contributed by atoms with Gasteiger partial charge in [-0.1, -0.05) is 6.42 Å². The van der Waals surface area contributed by atoms with Crippen LogP contribution in [0.15, 0.2) is 12.3 Å². The number of carbonyl (C=O) groups is 1. The molecule has 0 aliphatic heterocycles. The van der Waals surface area contributed by atoms with E-state index in [0.29, 0.717) is 18.0 Å². The number of pyridine rings is 1. The maximum atomic E-state index is 12.5. The average molecular weight is 302 g/mol. The minimum absolute atomic E-state index is 0.0939. The molecule has 1 aliphatic carbocycles. The van der Waals surface area contributed by atoms with E-state index in [0.717, 1.165) is 42.4 Å². The summed E-state index contributed by atoms with van der Waals surface area (Å²) in [5.74, 6) is 0.267. The van der Waals surface area contributed by atoms with Gasteiger partial charge >= 0.3 is 0 Å². The average Bonchev–Trinajstić information content (AvgIpc) is 2.85. The van der Waals surface area contributed by atoms with E-state index in [4.69, 9.17) is 0 Å². The third-order valence-electron chi connectivity index (χ3n) is 4.38. The SMILES string of the molecule is Cc1cc(C(=O)NCC2CCCC(O)C2)c2cnn(C)c2n1. The third-order valence-corrected chi connectivity index (χ3v) is 4.38. The van der Waals surface area contributed by atoms with Gasteiger partial charge in [0.15, 0.2) is 5.65 Å². The van der Waals surface area contributed by atoms with Crippen molar-refractivity contribution >= 4 is 16.9 Å². The lowest BCUT2D eigenvalue weighted by Crippen LogP contribution is -2.33. The zero-order chi connectivity index (χ0) is 15.7. The molecule has 2 heterocycles. The van der Waals surface area contributed by atoms with Gasteiger partial charge in [-0.2, -0.15) is 5.10 Å². The maximum absolute atomic E-state index is 12.5. The van der Waals surface area contributed by atoms with E-state index in [1.54, 1.807) is 16.9 Å². The summed E-state index contributed by atoms with van der Waals surface area (Å²) in [6.07, 6.45) is 5.21. The molecule has 0 saturated heterocycles. The van der Waals surface area contributed by atoms with E-state index in [-0.39, 0.29) is 12.0 Å². The zero-order valence-corrected chi connectivity index (χ0v) is 13.0. The van der Waals surface area contributed by atoms with Crippen molar-refractivity contribution in [3.8, 4) is 0 Å². The molecule has 118 valence electrons. The number of carbonyl (C=O) groups excluding carboxylic acids is 1. The summed E-state index contributed by atoms with van der Waals surface area (Å²) in [7, 11) is 1.82. The predicted octanol–water partition coefficient (Wildman–Crippen LogP) is 1.56. The van der Waals surface area contributed by atoms with Crippen molar-refractivity contribution in [1.29, 1.82) is 0 Å². The summed E-state index contributed by atoms with van der Waals surface area (Å²) in [6.45, 7) is 2.49. The Morgan fingerprint density at radius 2 is 2.32 bits per heavy atom. The van der Waals surface area contributed by atoms with Crippen molar-refractivity contribution in [3.63, 3.8) is 0 Å². The first-order chi connectivity index (χ1) is 10.5. The molecule has 6 nitrogen and oxygen atoms in total. The highest BCUT2D eigenvalue weighted by atomic mass is 16.3. The van der Waals surface area contributed by atoms with Crippen molar-refractivity contribution in [1.82, 2.24) is 20.1 Å². The Labute approximate surface area is 129 Å². The third kappa shape index (κ3) is 2.97. The van der Waals surface area contributed by atoms with Crippen LogP contribution in [0.4, 0.5) is 0 Å². The van der Waals surface area contributed by atoms with Gasteiger partial charge in [0.25, 0.3) is 5.91 Å². The summed E-state index contributed by atoms with van der Waals surface area (Å²) >= 11 is 0. The largest absolute Gasteiger partial charge is 0.393 e. The van der Waals surface area contributed by atoms with Gasteiger partial charge in [0.2, 0.25) is 0 Å². The molecule has 0 radical (unpaired) electrons. The highest BCUT2D eigenvalue weighted by molar-refractivity contribution is 6.05. The second kappa shape index (κ2) is 6.04. The second-order valence-electron chi connectivity index (χ2n) is 6.21. The Bertz CT molecular complexity index is 695. The molecule has 1 aliphatic rings. The second-order valence-corrected chi connectivity index (χ2v) is 6.21. The van der Waals surface area contributed by atoms with Crippen molar-refractivity contribution in [3.05, 3.63) is 23.5 Å². The lowest BCUT2D eigenvalue weighted by Gasteiger charge is -2.25. The monoisotopic (exact) mass is 302 g/mol.